The zero-order valence-electron chi connectivity index (χ0n) is 7.84. The Bertz CT molecular complexity index is 589. The number of allylic oxidation sites excluding steroid dienone is 3. The van der Waals surface area contributed by atoms with Gasteiger partial charge in [0.25, 0.3) is 0 Å². The highest BCUT2D eigenvalue weighted by molar-refractivity contribution is 7.75. The van der Waals surface area contributed by atoms with Crippen LogP contribution in [0.2, 0.25) is 0 Å². The molecule has 0 aromatic heterocycles. The normalized spacial score (nSPS) is 19.7. The molecular weight excluding hydrogens is 238 g/mol. The molecule has 1 atom stereocenters. The maximum Gasteiger partial charge on any atom is 0.229 e. The van der Waals surface area contributed by atoms with Gasteiger partial charge in [-0.05, 0) is 13.0 Å². The van der Waals surface area contributed by atoms with Gasteiger partial charge in [-0.2, -0.15) is 16.8 Å². The zero-order chi connectivity index (χ0) is 11.6. The van der Waals surface area contributed by atoms with Crippen LogP contribution in [0.1, 0.15) is 6.92 Å². The van der Waals surface area contributed by atoms with Gasteiger partial charge in [-0.15, -0.1) is 0 Å². The van der Waals surface area contributed by atoms with Crippen LogP contribution in [0, 0.1) is 5.92 Å². The number of nitrogens with two attached hydrogens (primary N) is 1. The fourth-order valence-corrected chi connectivity index (χ4v) is 2.38. The summed E-state index contributed by atoms with van der Waals surface area (Å²) < 4.78 is 42.9. The maximum atomic E-state index is 10.9. The van der Waals surface area contributed by atoms with E-state index in [0.717, 1.165) is 5.57 Å². The minimum atomic E-state index is -2.59. The van der Waals surface area contributed by atoms with E-state index in [1.54, 1.807) is 13.0 Å². The highest BCUT2D eigenvalue weighted by Crippen LogP contribution is 2.13. The summed E-state index contributed by atoms with van der Waals surface area (Å²) in [6.07, 6.45) is 4.47. The highest BCUT2D eigenvalue weighted by atomic mass is 32.2. The van der Waals surface area contributed by atoms with Crippen molar-refractivity contribution in [2.45, 2.75) is 6.92 Å². The Morgan fingerprint density at radius 3 is 2.40 bits per heavy atom. The van der Waals surface area contributed by atoms with Crippen LogP contribution in [-0.2, 0) is 20.6 Å². The van der Waals surface area contributed by atoms with Crippen molar-refractivity contribution in [2.75, 3.05) is 0 Å². The van der Waals surface area contributed by atoms with E-state index >= 15 is 0 Å². The molecule has 0 aliphatic heterocycles. The van der Waals surface area contributed by atoms with Crippen LogP contribution in [0.5, 0.6) is 0 Å². The maximum absolute atomic E-state index is 10.9. The molecule has 0 radical (unpaired) electrons. The Morgan fingerprint density at radius 2 is 1.93 bits per heavy atom. The molecule has 0 heterocycles. The van der Waals surface area contributed by atoms with Crippen LogP contribution in [0.25, 0.3) is 0 Å². The largest absolute Gasteiger partial charge is 0.292 e. The Balaban J connectivity index is 3.44. The molecule has 1 aliphatic carbocycles. The van der Waals surface area contributed by atoms with Crippen molar-refractivity contribution in [1.82, 2.24) is 0 Å². The van der Waals surface area contributed by atoms with Crippen molar-refractivity contribution in [2.24, 2.45) is 11.7 Å². The first-order chi connectivity index (χ1) is 6.93. The monoisotopic (exact) mass is 247 g/mol. The van der Waals surface area contributed by atoms with Crippen LogP contribution in [-0.4, -0.2) is 26.7 Å². The van der Waals surface area contributed by atoms with E-state index in [1.165, 1.54) is 12.2 Å². The quantitative estimate of drug-likeness (QED) is 0.608. The van der Waals surface area contributed by atoms with E-state index in [4.69, 9.17) is 5.73 Å². The first kappa shape index (κ1) is 11.9. The first-order valence-electron chi connectivity index (χ1n) is 3.97. The van der Waals surface area contributed by atoms with E-state index in [0.29, 0.717) is 0 Å². The van der Waals surface area contributed by atoms with Crippen molar-refractivity contribution < 1.29 is 16.8 Å². The lowest BCUT2D eigenvalue weighted by atomic mass is 9.97. The van der Waals surface area contributed by atoms with Crippen LogP contribution in [0.15, 0.2) is 23.8 Å². The second kappa shape index (κ2) is 4.56. The minimum Gasteiger partial charge on any atom is -0.292 e. The van der Waals surface area contributed by atoms with Crippen molar-refractivity contribution in [1.29, 1.82) is 0 Å². The number of hydrogen-bond acceptors (Lipinski definition) is 4. The summed E-state index contributed by atoms with van der Waals surface area (Å²) in [6, 6.07) is 0. The summed E-state index contributed by atoms with van der Waals surface area (Å²) in [4.78, 5) is -0.425. The standard InChI is InChI=1S/C8H9NO4S2/c1-5-2-3-6(8(9)15(12)13)7(4-5)14(10)11/h2-4,6H,9H2,1H3. The van der Waals surface area contributed by atoms with Crippen LogP contribution in [0.4, 0.5) is 0 Å². The van der Waals surface area contributed by atoms with Crippen LogP contribution >= 0.6 is 0 Å². The second-order valence-corrected chi connectivity index (χ2v) is 4.88. The van der Waals surface area contributed by atoms with Crippen LogP contribution in [0.3, 0.4) is 0 Å². The fraction of sp³-hybridized carbons (Fsp3) is 0.250. The van der Waals surface area contributed by atoms with Gasteiger partial charge in [0.05, 0.1) is 10.8 Å². The van der Waals surface area contributed by atoms with E-state index in [-0.39, 0.29) is 4.86 Å². The van der Waals surface area contributed by atoms with Crippen molar-refractivity contribution in [3.63, 3.8) is 0 Å². The molecule has 0 fully saturated rings. The van der Waals surface area contributed by atoms with E-state index in [2.05, 4.69) is 0 Å². The molecule has 0 saturated heterocycles. The van der Waals surface area contributed by atoms with Gasteiger partial charge in [-0.3, -0.25) is 5.73 Å². The molecule has 0 aromatic rings. The summed E-state index contributed by atoms with van der Waals surface area (Å²) in [7, 11) is -5.06. The van der Waals surface area contributed by atoms with E-state index < -0.39 is 31.5 Å². The van der Waals surface area contributed by atoms with Crippen molar-refractivity contribution >= 4 is 30.4 Å². The van der Waals surface area contributed by atoms with Gasteiger partial charge >= 0.3 is 0 Å². The van der Waals surface area contributed by atoms with Gasteiger partial charge in [-0.25, -0.2) is 0 Å². The molecule has 0 amide bonds. The molecule has 1 aliphatic rings. The molecule has 0 saturated carbocycles. The Morgan fingerprint density at radius 1 is 1.33 bits per heavy atom. The summed E-state index contributed by atoms with van der Waals surface area (Å²) in [5.41, 5.74) is 6.03. The van der Waals surface area contributed by atoms with Gasteiger partial charge in [0.1, 0.15) is 4.99 Å². The summed E-state index contributed by atoms with van der Waals surface area (Å²) in [5, 5.41) is 0. The molecule has 0 spiro atoms. The molecular formula is C8H9NO4S2. The lowest BCUT2D eigenvalue weighted by molar-refractivity contribution is 0.626. The predicted octanol–water partition coefficient (Wildman–Crippen LogP) is -0.862. The van der Waals surface area contributed by atoms with E-state index in [9.17, 15) is 16.8 Å². The topological polar surface area (TPSA) is 94.3 Å². The fourth-order valence-electron chi connectivity index (χ4n) is 1.20. The molecule has 15 heavy (non-hydrogen) atoms. The van der Waals surface area contributed by atoms with Crippen molar-refractivity contribution in [3.8, 4) is 0 Å². The molecule has 7 heteroatoms. The molecule has 0 aromatic carbocycles. The third-order valence-electron chi connectivity index (χ3n) is 1.92. The van der Waals surface area contributed by atoms with Gasteiger partial charge in [-0.1, -0.05) is 17.7 Å². The smallest absolute Gasteiger partial charge is 0.229 e. The Labute approximate surface area is 90.0 Å². The van der Waals surface area contributed by atoms with E-state index in [1.807, 2.05) is 0 Å². The third kappa shape index (κ3) is 2.65. The second-order valence-electron chi connectivity index (χ2n) is 3.00. The number of hydrogen-bond donors (Lipinski definition) is 1. The highest BCUT2D eigenvalue weighted by Gasteiger charge is 2.20. The Kier molecular flexibility index (Phi) is 3.61. The summed E-state index contributed by atoms with van der Waals surface area (Å²) >= 11 is 0. The summed E-state index contributed by atoms with van der Waals surface area (Å²) in [6.45, 7) is 1.71. The summed E-state index contributed by atoms with van der Waals surface area (Å²) in [5.74, 6) is -0.884. The number of rotatable bonds is 1. The van der Waals surface area contributed by atoms with Gasteiger partial charge in [0, 0.05) is 0 Å². The average Bonchev–Trinajstić information content (AvgIpc) is 2.16. The molecule has 0 bridgehead atoms. The third-order valence-corrected chi connectivity index (χ3v) is 3.31. The molecule has 82 valence electrons. The molecule has 1 unspecified atom stereocenters. The Hall–Kier alpha value is -1.18. The van der Waals surface area contributed by atoms with Gasteiger partial charge < -0.3 is 0 Å². The lowest BCUT2D eigenvalue weighted by Crippen LogP contribution is -2.30. The predicted molar refractivity (Wildman–Crippen MR) is 58.4 cm³/mol. The molecule has 2 N–H and O–H groups in total. The van der Waals surface area contributed by atoms with Crippen LogP contribution < -0.4 is 5.73 Å². The zero-order valence-corrected chi connectivity index (χ0v) is 9.47. The van der Waals surface area contributed by atoms with Crippen molar-refractivity contribution in [3.05, 3.63) is 23.8 Å². The first-order valence-corrected chi connectivity index (χ1v) is 6.12. The van der Waals surface area contributed by atoms with Gasteiger partial charge in [0.2, 0.25) is 20.6 Å². The average molecular weight is 247 g/mol. The minimum absolute atomic E-state index is 0.0308. The SMILES string of the molecule is CC1=CC(=S(=O)=O)C(C(N)=S(=O)=O)C=C1. The molecule has 5 nitrogen and oxygen atoms in total. The molecule has 1 rings (SSSR count). The van der Waals surface area contributed by atoms with Gasteiger partial charge in [0.15, 0.2) is 0 Å². The lowest BCUT2D eigenvalue weighted by Gasteiger charge is -2.12.